The molecule has 1 aromatic rings. The van der Waals surface area contributed by atoms with Gasteiger partial charge in [-0.05, 0) is 13.3 Å². The highest BCUT2D eigenvalue weighted by molar-refractivity contribution is 5.85. The van der Waals surface area contributed by atoms with Gasteiger partial charge >= 0.3 is 5.97 Å². The average molecular weight is 299 g/mol. The van der Waals surface area contributed by atoms with E-state index in [1.54, 1.807) is 6.92 Å². The van der Waals surface area contributed by atoms with Gasteiger partial charge in [0.15, 0.2) is 6.29 Å². The van der Waals surface area contributed by atoms with Crippen LogP contribution in [0, 0.1) is 15.9 Å². The van der Waals surface area contributed by atoms with Gasteiger partial charge in [0.25, 0.3) is 5.69 Å². The van der Waals surface area contributed by atoms with E-state index < -0.39 is 22.4 Å². The van der Waals surface area contributed by atoms with Crippen LogP contribution in [0.4, 0.5) is 10.1 Å². The fourth-order valence-electron chi connectivity index (χ4n) is 1.60. The molecule has 0 spiro atoms. The van der Waals surface area contributed by atoms with Crippen LogP contribution in [-0.4, -0.2) is 30.4 Å². The predicted molar refractivity (Wildman–Crippen MR) is 69.8 cm³/mol. The summed E-state index contributed by atoms with van der Waals surface area (Å²) in [5.41, 5.74) is -0.997. The first kappa shape index (κ1) is 16.5. The highest BCUT2D eigenvalue weighted by Gasteiger charge is 2.20. The Bertz CT molecular complexity index is 546. The standard InChI is InChI=1S/C13H14FNO6/c1-2-20-13(17)4-3-5-21-12-7-9(14)6-11(15(18)19)10(12)8-16/h6-8H,2-5H2,1H3. The predicted octanol–water partition coefficient (Wildman–Crippen LogP) is 2.27. The minimum Gasteiger partial charge on any atom is -0.492 e. The van der Waals surface area contributed by atoms with Crippen molar-refractivity contribution in [3.05, 3.63) is 33.6 Å². The van der Waals surface area contributed by atoms with Crippen LogP contribution >= 0.6 is 0 Å². The molecule has 7 nitrogen and oxygen atoms in total. The molecule has 1 rings (SSSR count). The zero-order valence-electron chi connectivity index (χ0n) is 11.3. The molecule has 0 N–H and O–H groups in total. The number of aldehydes is 1. The van der Waals surface area contributed by atoms with E-state index in [0.717, 1.165) is 6.07 Å². The fraction of sp³-hybridized carbons (Fsp3) is 0.385. The third-order valence-electron chi connectivity index (χ3n) is 2.49. The molecule has 0 aliphatic rings. The summed E-state index contributed by atoms with van der Waals surface area (Å²) in [4.78, 5) is 31.9. The molecule has 0 saturated carbocycles. The Morgan fingerprint density at radius 1 is 1.48 bits per heavy atom. The molecule has 0 amide bonds. The molecule has 0 fully saturated rings. The second-order valence-corrected chi connectivity index (χ2v) is 3.97. The number of nitro benzene ring substituents is 1. The summed E-state index contributed by atoms with van der Waals surface area (Å²) in [6.07, 6.45) is 0.612. The highest BCUT2D eigenvalue weighted by Crippen LogP contribution is 2.28. The van der Waals surface area contributed by atoms with Crippen molar-refractivity contribution >= 4 is 17.9 Å². The number of benzene rings is 1. The number of rotatable bonds is 8. The lowest BCUT2D eigenvalue weighted by Crippen LogP contribution is -2.08. The minimum absolute atomic E-state index is 0.000260. The second-order valence-electron chi connectivity index (χ2n) is 3.97. The van der Waals surface area contributed by atoms with Crippen LogP contribution in [0.2, 0.25) is 0 Å². The molecule has 0 aliphatic carbocycles. The molecule has 0 heterocycles. The Balaban J connectivity index is 2.72. The van der Waals surface area contributed by atoms with Crippen LogP contribution in [0.5, 0.6) is 5.75 Å². The van der Waals surface area contributed by atoms with Crippen LogP contribution in [0.15, 0.2) is 12.1 Å². The number of nitro groups is 1. The molecule has 8 heteroatoms. The van der Waals surface area contributed by atoms with Crippen LogP contribution < -0.4 is 4.74 Å². The normalized spacial score (nSPS) is 10.0. The molecule has 0 saturated heterocycles. The number of ether oxygens (including phenoxy) is 2. The number of esters is 1. The molecular formula is C13H14FNO6. The molecule has 0 aromatic heterocycles. The third kappa shape index (κ3) is 4.83. The van der Waals surface area contributed by atoms with Crippen LogP contribution in [-0.2, 0) is 9.53 Å². The monoisotopic (exact) mass is 299 g/mol. The van der Waals surface area contributed by atoms with Gasteiger partial charge in [-0.25, -0.2) is 4.39 Å². The molecule has 1 aromatic carbocycles. The number of nitrogens with zero attached hydrogens (tertiary/aromatic N) is 1. The van der Waals surface area contributed by atoms with Crippen molar-refractivity contribution in [2.75, 3.05) is 13.2 Å². The zero-order chi connectivity index (χ0) is 15.8. The summed E-state index contributed by atoms with van der Waals surface area (Å²) in [6.45, 7) is 1.95. The maximum Gasteiger partial charge on any atom is 0.305 e. The van der Waals surface area contributed by atoms with Gasteiger partial charge in [0.2, 0.25) is 0 Å². The number of carbonyl (C=O) groups excluding carboxylic acids is 2. The van der Waals surface area contributed by atoms with Gasteiger partial charge in [-0.2, -0.15) is 0 Å². The average Bonchev–Trinajstić information content (AvgIpc) is 2.43. The molecule has 0 radical (unpaired) electrons. The van der Waals surface area contributed by atoms with E-state index in [1.165, 1.54) is 0 Å². The van der Waals surface area contributed by atoms with Crippen molar-refractivity contribution in [1.29, 1.82) is 0 Å². The van der Waals surface area contributed by atoms with Crippen molar-refractivity contribution in [3.63, 3.8) is 0 Å². The quantitative estimate of drug-likeness (QED) is 0.240. The minimum atomic E-state index is -0.882. The number of halogens is 1. The molecule has 0 aliphatic heterocycles. The van der Waals surface area contributed by atoms with E-state index in [2.05, 4.69) is 0 Å². The van der Waals surface area contributed by atoms with E-state index in [-0.39, 0.29) is 43.7 Å². The Labute approximate surface area is 119 Å². The summed E-state index contributed by atoms with van der Waals surface area (Å²) >= 11 is 0. The molecular weight excluding hydrogens is 285 g/mol. The first-order valence-corrected chi connectivity index (χ1v) is 6.21. The molecule has 21 heavy (non-hydrogen) atoms. The topological polar surface area (TPSA) is 95.7 Å². The van der Waals surface area contributed by atoms with Crippen LogP contribution in [0.25, 0.3) is 0 Å². The van der Waals surface area contributed by atoms with Gasteiger partial charge in [-0.3, -0.25) is 19.7 Å². The van der Waals surface area contributed by atoms with E-state index in [1.807, 2.05) is 0 Å². The van der Waals surface area contributed by atoms with E-state index in [4.69, 9.17) is 9.47 Å². The number of carbonyl (C=O) groups is 2. The number of hydrogen-bond donors (Lipinski definition) is 0. The first-order chi connectivity index (χ1) is 9.99. The van der Waals surface area contributed by atoms with Crippen molar-refractivity contribution in [3.8, 4) is 5.75 Å². The summed E-state index contributed by atoms with van der Waals surface area (Å²) in [5.74, 6) is -1.50. The van der Waals surface area contributed by atoms with Gasteiger partial charge in [0.05, 0.1) is 24.2 Å². The molecule has 0 unspecified atom stereocenters. The second kappa shape index (κ2) is 7.93. The zero-order valence-corrected chi connectivity index (χ0v) is 11.3. The summed E-state index contributed by atoms with van der Waals surface area (Å²) < 4.78 is 23.1. The van der Waals surface area contributed by atoms with Crippen molar-refractivity contribution in [1.82, 2.24) is 0 Å². The maximum atomic E-state index is 13.3. The van der Waals surface area contributed by atoms with Crippen LogP contribution in [0.1, 0.15) is 30.1 Å². The van der Waals surface area contributed by atoms with Crippen LogP contribution in [0.3, 0.4) is 0 Å². The highest BCUT2D eigenvalue weighted by atomic mass is 19.1. The first-order valence-electron chi connectivity index (χ1n) is 6.21. The summed E-state index contributed by atoms with van der Waals surface area (Å²) in [6, 6.07) is 1.54. The van der Waals surface area contributed by atoms with Gasteiger partial charge in [0, 0.05) is 12.5 Å². The molecule has 0 atom stereocenters. The fourth-order valence-corrected chi connectivity index (χ4v) is 1.60. The Morgan fingerprint density at radius 3 is 2.76 bits per heavy atom. The van der Waals surface area contributed by atoms with E-state index >= 15 is 0 Å². The lowest BCUT2D eigenvalue weighted by atomic mass is 10.1. The van der Waals surface area contributed by atoms with Gasteiger partial charge < -0.3 is 9.47 Å². The third-order valence-corrected chi connectivity index (χ3v) is 2.49. The van der Waals surface area contributed by atoms with Crippen molar-refractivity contribution < 1.29 is 28.4 Å². The largest absolute Gasteiger partial charge is 0.492 e. The smallest absolute Gasteiger partial charge is 0.305 e. The van der Waals surface area contributed by atoms with Crippen molar-refractivity contribution in [2.24, 2.45) is 0 Å². The SMILES string of the molecule is CCOC(=O)CCCOc1cc(F)cc([N+](=O)[O-])c1C=O. The van der Waals surface area contributed by atoms with Gasteiger partial charge in [-0.15, -0.1) is 0 Å². The molecule has 0 bridgehead atoms. The van der Waals surface area contributed by atoms with Crippen molar-refractivity contribution in [2.45, 2.75) is 19.8 Å². The summed E-state index contributed by atoms with van der Waals surface area (Å²) in [5, 5.41) is 10.7. The van der Waals surface area contributed by atoms with E-state index in [9.17, 15) is 24.1 Å². The molecule has 114 valence electrons. The Hall–Kier alpha value is -2.51. The maximum absolute atomic E-state index is 13.3. The van der Waals surface area contributed by atoms with Gasteiger partial charge in [-0.1, -0.05) is 0 Å². The number of hydrogen-bond acceptors (Lipinski definition) is 6. The Kier molecular flexibility index (Phi) is 6.25. The lowest BCUT2D eigenvalue weighted by molar-refractivity contribution is -0.385. The van der Waals surface area contributed by atoms with E-state index in [0.29, 0.717) is 6.07 Å². The summed E-state index contributed by atoms with van der Waals surface area (Å²) in [7, 11) is 0. The Morgan fingerprint density at radius 2 is 2.19 bits per heavy atom. The lowest BCUT2D eigenvalue weighted by Gasteiger charge is -2.08. The van der Waals surface area contributed by atoms with Gasteiger partial charge in [0.1, 0.15) is 17.1 Å².